The molecule has 1 N–H and O–H groups in total. The number of fused-ring (bicyclic) bond motifs is 2. The van der Waals surface area contributed by atoms with Crippen molar-refractivity contribution in [3.63, 3.8) is 0 Å². The van der Waals surface area contributed by atoms with Gasteiger partial charge in [-0.25, -0.2) is 0 Å². The summed E-state index contributed by atoms with van der Waals surface area (Å²) in [6, 6.07) is 9.11. The summed E-state index contributed by atoms with van der Waals surface area (Å²) in [5.74, 6) is -1.12. The molecule has 2 saturated heterocycles. The van der Waals surface area contributed by atoms with E-state index in [1.165, 1.54) is 0 Å². The van der Waals surface area contributed by atoms with Crippen molar-refractivity contribution < 1.29 is 23.2 Å². The molecule has 2 fully saturated rings. The van der Waals surface area contributed by atoms with Crippen LogP contribution in [0.15, 0.2) is 30.3 Å². The van der Waals surface area contributed by atoms with Crippen LogP contribution in [0.3, 0.4) is 0 Å². The normalized spacial score (nSPS) is 35.8. The van der Waals surface area contributed by atoms with Crippen LogP contribution in [-0.2, 0) is 9.53 Å². The van der Waals surface area contributed by atoms with Crippen molar-refractivity contribution in [2.75, 3.05) is 13.6 Å². The Morgan fingerprint density at radius 3 is 2.42 bits per heavy atom. The lowest BCUT2D eigenvalue weighted by molar-refractivity contribution is -0.968. The first-order chi connectivity index (χ1) is 12.7. The number of hydrogen-bond donors (Lipinski definition) is 1. The van der Waals surface area contributed by atoms with Crippen molar-refractivity contribution in [2.45, 2.75) is 69.7 Å². The largest absolute Gasteiger partial charge is 0.461 e. The molecule has 2 aliphatic heterocycles. The van der Waals surface area contributed by atoms with Gasteiger partial charge in [0, 0.05) is 25.7 Å². The second-order valence-corrected chi connectivity index (χ2v) is 7.49. The minimum absolute atomic E-state index is 0.00107. The van der Waals surface area contributed by atoms with E-state index in [4.69, 9.17) is 8.85 Å². The average molecular weight is 335 g/mol. The van der Waals surface area contributed by atoms with E-state index in [0.29, 0.717) is 12.8 Å². The van der Waals surface area contributed by atoms with Gasteiger partial charge in [-0.05, 0) is 19.4 Å². The Bertz CT molecular complexity index is 648. The summed E-state index contributed by atoms with van der Waals surface area (Å²) in [5.41, 5.74) is 0.735. The molecule has 132 valence electrons. The van der Waals surface area contributed by atoms with Crippen LogP contribution >= 0.6 is 0 Å². The van der Waals surface area contributed by atoms with E-state index in [1.54, 1.807) is 0 Å². The topological polar surface area (TPSA) is 46.5 Å². The summed E-state index contributed by atoms with van der Waals surface area (Å²) in [6.07, 6.45) is 2.59. The summed E-state index contributed by atoms with van der Waals surface area (Å²) < 4.78 is 30.5. The Kier molecular flexibility index (Phi) is 3.95. The molecular weight excluding hydrogens is 302 g/mol. The highest BCUT2D eigenvalue weighted by molar-refractivity contribution is 5.78. The fourth-order valence-electron chi connectivity index (χ4n) is 4.59. The van der Waals surface area contributed by atoms with Crippen molar-refractivity contribution in [1.29, 1.82) is 0 Å². The maximum Gasteiger partial charge on any atom is 0.316 e. The van der Waals surface area contributed by atoms with Gasteiger partial charge in [-0.2, -0.15) is 0 Å². The van der Waals surface area contributed by atoms with E-state index >= 15 is 0 Å². The number of esters is 1. The number of hydrogen-bond acceptors (Lipinski definition) is 3. The van der Waals surface area contributed by atoms with E-state index in [9.17, 15) is 9.90 Å². The van der Waals surface area contributed by atoms with Gasteiger partial charge >= 0.3 is 5.97 Å². The molecule has 24 heavy (non-hydrogen) atoms. The molecule has 0 spiro atoms. The Hall–Kier alpha value is -1.39. The molecular formula is C20H30NO3+. The molecule has 0 saturated carbocycles. The molecule has 0 aliphatic carbocycles. The SMILES string of the molecule is [2H]C([2H])([2H])[N+]1(C(C)C)[C@H]2CC[C@H]1CC(OC(=O)C(CO)c1ccccc1)C2. The summed E-state index contributed by atoms with van der Waals surface area (Å²) in [7, 11) is 0. The number of benzene rings is 1. The van der Waals surface area contributed by atoms with E-state index < -0.39 is 18.9 Å². The van der Waals surface area contributed by atoms with Crippen molar-refractivity contribution >= 4 is 5.97 Å². The molecule has 4 heteroatoms. The number of carbonyl (C=O) groups is 1. The number of piperidine rings is 1. The van der Waals surface area contributed by atoms with Crippen molar-refractivity contribution in [1.82, 2.24) is 0 Å². The molecule has 3 atom stereocenters. The number of quaternary nitrogens is 1. The number of aliphatic hydroxyl groups is 1. The van der Waals surface area contributed by atoms with Crippen LogP contribution in [0.5, 0.6) is 0 Å². The third-order valence-electron chi connectivity index (χ3n) is 5.92. The molecule has 1 aromatic rings. The van der Waals surface area contributed by atoms with Crippen molar-refractivity contribution in [2.24, 2.45) is 0 Å². The predicted molar refractivity (Wildman–Crippen MR) is 93.5 cm³/mol. The molecule has 0 amide bonds. The summed E-state index contributed by atoms with van der Waals surface area (Å²) in [5, 5.41) is 9.68. The molecule has 0 radical (unpaired) electrons. The Morgan fingerprint density at radius 2 is 1.92 bits per heavy atom. The molecule has 3 rings (SSSR count). The van der Waals surface area contributed by atoms with E-state index in [2.05, 4.69) is 0 Å². The lowest BCUT2D eigenvalue weighted by atomic mass is 9.94. The van der Waals surface area contributed by atoms with Gasteiger partial charge < -0.3 is 14.3 Å². The number of aliphatic hydroxyl groups excluding tert-OH is 1. The number of rotatable bonds is 5. The van der Waals surface area contributed by atoms with Gasteiger partial charge in [0.15, 0.2) is 0 Å². The van der Waals surface area contributed by atoms with Crippen molar-refractivity contribution in [3.05, 3.63) is 35.9 Å². The zero-order valence-electron chi connectivity index (χ0n) is 17.5. The third kappa shape index (κ3) is 2.98. The first-order valence-electron chi connectivity index (χ1n) is 10.5. The van der Waals surface area contributed by atoms with Crippen molar-refractivity contribution in [3.8, 4) is 0 Å². The fourth-order valence-corrected chi connectivity index (χ4v) is 4.59. The monoisotopic (exact) mass is 335 g/mol. The molecule has 1 aromatic carbocycles. The van der Waals surface area contributed by atoms with Gasteiger partial charge in [0.2, 0.25) is 0 Å². The van der Waals surface area contributed by atoms with Crippen LogP contribution in [0.1, 0.15) is 55.1 Å². The lowest BCUT2D eigenvalue weighted by Crippen LogP contribution is -2.62. The molecule has 2 bridgehead atoms. The molecule has 2 heterocycles. The van der Waals surface area contributed by atoms with Gasteiger partial charge in [0.25, 0.3) is 0 Å². The first-order valence-corrected chi connectivity index (χ1v) is 8.96. The standard InChI is InChI=1S/C20H30NO3/c1-14(2)21(3)16-9-10-17(21)12-18(11-16)24-20(23)19(13-22)15-7-5-4-6-8-15/h4-8,14,16-19,22H,9-13H2,1-3H3/q+1/t16-,17-,18?,19?,21?/m0/s1/i3D3. The quantitative estimate of drug-likeness (QED) is 0.665. The highest BCUT2D eigenvalue weighted by atomic mass is 16.5. The number of ether oxygens (including phenoxy) is 1. The second kappa shape index (κ2) is 6.85. The van der Waals surface area contributed by atoms with E-state index in [1.807, 2.05) is 44.2 Å². The molecule has 0 aromatic heterocycles. The van der Waals surface area contributed by atoms with Gasteiger partial charge in [0.1, 0.15) is 12.0 Å². The fraction of sp³-hybridized carbons (Fsp3) is 0.650. The predicted octanol–water partition coefficient (Wildman–Crippen LogP) is 2.85. The average Bonchev–Trinajstić information content (AvgIpc) is 2.83. The van der Waals surface area contributed by atoms with E-state index in [-0.39, 0.29) is 35.3 Å². The number of carbonyl (C=O) groups excluding carboxylic acids is 1. The first kappa shape index (κ1) is 13.9. The highest BCUT2D eigenvalue weighted by Gasteiger charge is 2.53. The third-order valence-corrected chi connectivity index (χ3v) is 5.92. The summed E-state index contributed by atoms with van der Waals surface area (Å²) >= 11 is 0. The number of nitrogens with zero attached hydrogens (tertiary/aromatic N) is 1. The van der Waals surface area contributed by atoms with Gasteiger partial charge in [-0.1, -0.05) is 30.3 Å². The Morgan fingerprint density at radius 1 is 1.29 bits per heavy atom. The van der Waals surface area contributed by atoms with Gasteiger partial charge in [0.05, 0.1) is 35.8 Å². The molecule has 2 aliphatic rings. The van der Waals surface area contributed by atoms with Crippen LogP contribution in [0.4, 0.5) is 0 Å². The van der Waals surface area contributed by atoms with Crippen LogP contribution in [0.2, 0.25) is 0 Å². The lowest BCUT2D eigenvalue weighted by Gasteiger charge is -2.49. The van der Waals surface area contributed by atoms with Crippen LogP contribution in [-0.4, -0.2) is 53.4 Å². The van der Waals surface area contributed by atoms with Gasteiger partial charge in [-0.3, -0.25) is 4.79 Å². The maximum atomic E-state index is 12.7. The highest BCUT2D eigenvalue weighted by Crippen LogP contribution is 2.44. The second-order valence-electron chi connectivity index (χ2n) is 7.49. The van der Waals surface area contributed by atoms with Crippen LogP contribution in [0.25, 0.3) is 0 Å². The molecule has 4 nitrogen and oxygen atoms in total. The van der Waals surface area contributed by atoms with Crippen LogP contribution < -0.4 is 0 Å². The smallest absolute Gasteiger partial charge is 0.316 e. The summed E-state index contributed by atoms with van der Waals surface area (Å²) in [6.45, 7) is 1.61. The zero-order valence-corrected chi connectivity index (χ0v) is 14.5. The molecule has 1 unspecified atom stereocenters. The Labute approximate surface area is 149 Å². The van der Waals surface area contributed by atoms with Crippen LogP contribution in [0, 0.1) is 0 Å². The minimum atomic E-state index is -2.06. The van der Waals surface area contributed by atoms with Gasteiger partial charge in [-0.15, -0.1) is 0 Å². The maximum absolute atomic E-state index is 12.7. The minimum Gasteiger partial charge on any atom is -0.461 e. The summed E-state index contributed by atoms with van der Waals surface area (Å²) in [4.78, 5) is 12.7. The van der Waals surface area contributed by atoms with E-state index in [0.717, 1.165) is 18.4 Å². The Balaban J connectivity index is 1.74. The zero-order chi connectivity index (χ0) is 19.8.